The minimum absolute atomic E-state index is 0.768. The molecule has 0 aromatic heterocycles. The summed E-state index contributed by atoms with van der Waals surface area (Å²) in [7, 11) is 0. The Kier molecular flexibility index (Phi) is 6.88. The van der Waals surface area contributed by atoms with Crippen molar-refractivity contribution in [1.29, 1.82) is 0 Å². The molecule has 1 aromatic carbocycles. The Balaban J connectivity index is 1.62. The van der Waals surface area contributed by atoms with Crippen molar-refractivity contribution in [3.05, 3.63) is 29.3 Å². The number of alkyl halides is 1. The van der Waals surface area contributed by atoms with Gasteiger partial charge < -0.3 is 5.73 Å². The van der Waals surface area contributed by atoms with Crippen LogP contribution in [-0.4, -0.2) is 3.92 Å². The number of benzene rings is 1. The Morgan fingerprint density at radius 1 is 0.917 bits per heavy atom. The fourth-order valence-corrected chi connectivity index (χ4v) is 5.88. The van der Waals surface area contributed by atoms with Gasteiger partial charge in [0.2, 0.25) is 0 Å². The molecule has 2 heteroatoms. The van der Waals surface area contributed by atoms with Crippen LogP contribution in [0.3, 0.4) is 0 Å². The van der Waals surface area contributed by atoms with Gasteiger partial charge >= 0.3 is 0 Å². The number of hydrogen-bond acceptors (Lipinski definition) is 1. The number of aryl methyl sites for hydroxylation is 1. The smallest absolute Gasteiger partial charge is 0.0346 e. The summed E-state index contributed by atoms with van der Waals surface area (Å²) in [5, 5.41) is 0. The van der Waals surface area contributed by atoms with Crippen molar-refractivity contribution in [2.45, 2.75) is 87.4 Å². The lowest BCUT2D eigenvalue weighted by atomic mass is 9.81. The third-order valence-corrected chi connectivity index (χ3v) is 7.89. The van der Waals surface area contributed by atoms with Gasteiger partial charge in [0, 0.05) is 9.61 Å². The van der Waals surface area contributed by atoms with E-state index in [0.29, 0.717) is 0 Å². The molecule has 134 valence electrons. The molecule has 0 aliphatic heterocycles. The lowest BCUT2D eigenvalue weighted by molar-refractivity contribution is 0.268. The maximum Gasteiger partial charge on any atom is 0.0346 e. The molecule has 0 heterocycles. The van der Waals surface area contributed by atoms with Gasteiger partial charge in [0.25, 0.3) is 0 Å². The topological polar surface area (TPSA) is 26.0 Å². The van der Waals surface area contributed by atoms with Crippen molar-refractivity contribution in [1.82, 2.24) is 0 Å². The SMILES string of the molecule is CCc1cc(C2CCCC(C3CCCC(I)CC3)CC2)ccc1N. The second-order valence-corrected chi connectivity index (χ2v) is 9.90. The predicted molar refractivity (Wildman–Crippen MR) is 114 cm³/mol. The molecular weight excluding hydrogens is 405 g/mol. The average molecular weight is 439 g/mol. The van der Waals surface area contributed by atoms with Crippen LogP contribution < -0.4 is 5.73 Å². The highest BCUT2D eigenvalue weighted by Gasteiger charge is 2.28. The normalized spacial score (nSPS) is 32.1. The molecule has 1 aromatic rings. The van der Waals surface area contributed by atoms with E-state index in [2.05, 4.69) is 47.7 Å². The Morgan fingerprint density at radius 2 is 1.62 bits per heavy atom. The third-order valence-electron chi connectivity index (χ3n) is 6.64. The van der Waals surface area contributed by atoms with Gasteiger partial charge in [0.15, 0.2) is 0 Å². The maximum atomic E-state index is 6.11. The van der Waals surface area contributed by atoms with Gasteiger partial charge in [-0.25, -0.2) is 0 Å². The molecule has 1 nitrogen and oxygen atoms in total. The van der Waals surface area contributed by atoms with Gasteiger partial charge in [-0.05, 0) is 79.9 Å². The van der Waals surface area contributed by atoms with Gasteiger partial charge in [0.05, 0.1) is 0 Å². The van der Waals surface area contributed by atoms with Crippen LogP contribution in [-0.2, 0) is 6.42 Å². The molecule has 4 atom stereocenters. The van der Waals surface area contributed by atoms with Gasteiger partial charge in [-0.3, -0.25) is 0 Å². The highest BCUT2D eigenvalue weighted by molar-refractivity contribution is 14.1. The summed E-state index contributed by atoms with van der Waals surface area (Å²) < 4.78 is 0.938. The first kappa shape index (κ1) is 18.5. The minimum atomic E-state index is 0.768. The Labute approximate surface area is 162 Å². The van der Waals surface area contributed by atoms with Crippen LogP contribution in [0.15, 0.2) is 18.2 Å². The fraction of sp³-hybridized carbons (Fsp3) is 0.727. The highest BCUT2D eigenvalue weighted by atomic mass is 127. The summed E-state index contributed by atoms with van der Waals surface area (Å²) in [6, 6.07) is 6.83. The molecule has 2 N–H and O–H groups in total. The first-order valence-corrected chi connectivity index (χ1v) is 11.4. The van der Waals surface area contributed by atoms with E-state index in [1.165, 1.54) is 69.8 Å². The molecule has 0 amide bonds. The summed E-state index contributed by atoms with van der Waals surface area (Å²) >= 11 is 2.68. The van der Waals surface area contributed by atoms with Crippen molar-refractivity contribution >= 4 is 28.3 Å². The van der Waals surface area contributed by atoms with Crippen LogP contribution in [0.1, 0.15) is 88.2 Å². The second kappa shape index (κ2) is 8.91. The van der Waals surface area contributed by atoms with Crippen molar-refractivity contribution in [3.63, 3.8) is 0 Å². The predicted octanol–water partition coefficient (Wildman–Crippen LogP) is 6.88. The highest BCUT2D eigenvalue weighted by Crippen LogP contribution is 2.41. The molecular formula is C22H34IN. The van der Waals surface area contributed by atoms with Crippen molar-refractivity contribution in [2.75, 3.05) is 5.73 Å². The second-order valence-electron chi connectivity index (χ2n) is 8.14. The van der Waals surface area contributed by atoms with E-state index in [1.54, 1.807) is 5.56 Å². The Morgan fingerprint density at radius 3 is 2.38 bits per heavy atom. The number of rotatable bonds is 3. The molecule has 2 fully saturated rings. The molecule has 2 saturated carbocycles. The van der Waals surface area contributed by atoms with E-state index in [9.17, 15) is 0 Å². The van der Waals surface area contributed by atoms with E-state index < -0.39 is 0 Å². The number of anilines is 1. The summed E-state index contributed by atoms with van der Waals surface area (Å²) in [6.07, 6.45) is 15.5. The summed E-state index contributed by atoms with van der Waals surface area (Å²) in [5.41, 5.74) is 9.97. The summed E-state index contributed by atoms with van der Waals surface area (Å²) in [6.45, 7) is 2.21. The number of nitrogen functional groups attached to an aromatic ring is 1. The van der Waals surface area contributed by atoms with E-state index in [4.69, 9.17) is 5.73 Å². The van der Waals surface area contributed by atoms with E-state index in [1.807, 2.05) is 0 Å². The zero-order valence-electron chi connectivity index (χ0n) is 15.3. The largest absolute Gasteiger partial charge is 0.399 e. The van der Waals surface area contributed by atoms with Crippen LogP contribution in [0, 0.1) is 11.8 Å². The van der Waals surface area contributed by atoms with Gasteiger partial charge in [-0.1, -0.05) is 67.3 Å². The third kappa shape index (κ3) is 4.68. The molecule has 0 radical (unpaired) electrons. The quantitative estimate of drug-likeness (QED) is 0.236. The van der Waals surface area contributed by atoms with Crippen LogP contribution in [0.5, 0.6) is 0 Å². The van der Waals surface area contributed by atoms with Crippen LogP contribution in [0.2, 0.25) is 0 Å². The number of halogens is 1. The lowest BCUT2D eigenvalue weighted by Gasteiger charge is -2.25. The van der Waals surface area contributed by atoms with Crippen LogP contribution >= 0.6 is 22.6 Å². The number of hydrogen-bond donors (Lipinski definition) is 1. The molecule has 0 saturated heterocycles. The molecule has 2 aliphatic rings. The lowest BCUT2D eigenvalue weighted by Crippen LogP contribution is -2.14. The standard InChI is InChI=1S/C22H34IN/c1-2-16-15-20(12-14-22(16)24)19-6-3-5-17(9-10-19)18-7-4-8-21(23)13-11-18/h12,14-15,17-19,21H,2-11,13,24H2,1H3. The van der Waals surface area contributed by atoms with E-state index >= 15 is 0 Å². The van der Waals surface area contributed by atoms with Crippen molar-refractivity contribution in [3.8, 4) is 0 Å². The zero-order valence-corrected chi connectivity index (χ0v) is 17.4. The molecule has 0 bridgehead atoms. The van der Waals surface area contributed by atoms with Crippen LogP contribution in [0.25, 0.3) is 0 Å². The van der Waals surface area contributed by atoms with Gasteiger partial charge in [0.1, 0.15) is 0 Å². The van der Waals surface area contributed by atoms with Crippen molar-refractivity contribution in [2.24, 2.45) is 11.8 Å². The minimum Gasteiger partial charge on any atom is -0.399 e. The molecule has 0 spiro atoms. The van der Waals surface area contributed by atoms with E-state index in [-0.39, 0.29) is 0 Å². The molecule has 24 heavy (non-hydrogen) atoms. The average Bonchev–Trinajstić information content (AvgIpc) is 2.95. The first-order valence-electron chi connectivity index (χ1n) is 10.2. The molecule has 2 aliphatic carbocycles. The monoisotopic (exact) mass is 439 g/mol. The summed E-state index contributed by atoms with van der Waals surface area (Å²) in [5.74, 6) is 2.78. The number of nitrogens with two attached hydrogens (primary N) is 1. The van der Waals surface area contributed by atoms with Crippen LogP contribution in [0.4, 0.5) is 5.69 Å². The Hall–Kier alpha value is -0.250. The first-order chi connectivity index (χ1) is 11.7. The summed E-state index contributed by atoms with van der Waals surface area (Å²) in [4.78, 5) is 0. The fourth-order valence-electron chi connectivity index (χ4n) is 5.08. The zero-order chi connectivity index (χ0) is 16.9. The van der Waals surface area contributed by atoms with Gasteiger partial charge in [-0.15, -0.1) is 0 Å². The van der Waals surface area contributed by atoms with Gasteiger partial charge in [-0.2, -0.15) is 0 Å². The van der Waals surface area contributed by atoms with E-state index in [0.717, 1.165) is 33.8 Å². The molecule has 4 unspecified atom stereocenters. The van der Waals surface area contributed by atoms with Crippen molar-refractivity contribution < 1.29 is 0 Å². The molecule has 3 rings (SSSR count). The Bertz CT molecular complexity index is 527. The maximum absolute atomic E-state index is 6.11.